The molecule has 0 saturated carbocycles. The Balaban J connectivity index is 1.66. The maximum atomic E-state index is 12.9. The second-order valence-corrected chi connectivity index (χ2v) is 8.63. The largest absolute Gasteiger partial charge is 0.491 e. The Kier molecular flexibility index (Phi) is 5.68. The molecular weight excluding hydrogens is 362 g/mol. The zero-order chi connectivity index (χ0) is 19.4. The van der Waals surface area contributed by atoms with E-state index in [9.17, 15) is 8.42 Å². The molecule has 27 heavy (non-hydrogen) atoms. The zero-order valence-corrected chi connectivity index (χ0v) is 16.3. The van der Waals surface area contributed by atoms with Crippen molar-refractivity contribution >= 4 is 15.7 Å². The number of anilines is 1. The van der Waals surface area contributed by atoms with Gasteiger partial charge in [0, 0.05) is 31.9 Å². The fourth-order valence-corrected chi connectivity index (χ4v) is 4.47. The van der Waals surface area contributed by atoms with Crippen LogP contribution in [0, 0.1) is 11.3 Å². The van der Waals surface area contributed by atoms with Gasteiger partial charge in [-0.1, -0.05) is 0 Å². The molecule has 0 bridgehead atoms. The van der Waals surface area contributed by atoms with Crippen LogP contribution in [0.1, 0.15) is 19.4 Å². The molecule has 0 unspecified atom stereocenters. The van der Waals surface area contributed by atoms with Crippen LogP contribution in [-0.4, -0.2) is 45.0 Å². The molecule has 142 valence electrons. The summed E-state index contributed by atoms with van der Waals surface area (Å²) < 4.78 is 32.8. The summed E-state index contributed by atoms with van der Waals surface area (Å²) in [6.45, 7) is 5.93. The number of ether oxygens (including phenoxy) is 1. The second kappa shape index (κ2) is 7.99. The molecule has 1 aliphatic heterocycles. The lowest BCUT2D eigenvalue weighted by Crippen LogP contribution is -2.48. The Morgan fingerprint density at radius 3 is 2.07 bits per heavy atom. The van der Waals surface area contributed by atoms with E-state index in [2.05, 4.69) is 11.0 Å². The van der Waals surface area contributed by atoms with Crippen LogP contribution in [0.5, 0.6) is 5.75 Å². The highest BCUT2D eigenvalue weighted by molar-refractivity contribution is 7.89. The van der Waals surface area contributed by atoms with Gasteiger partial charge in [-0.2, -0.15) is 9.57 Å². The monoisotopic (exact) mass is 385 g/mol. The molecule has 1 fully saturated rings. The first-order valence-electron chi connectivity index (χ1n) is 8.92. The summed E-state index contributed by atoms with van der Waals surface area (Å²) >= 11 is 0. The van der Waals surface area contributed by atoms with Gasteiger partial charge in [0.1, 0.15) is 5.75 Å². The van der Waals surface area contributed by atoms with Crippen LogP contribution >= 0.6 is 0 Å². The molecule has 0 spiro atoms. The SMILES string of the molecule is CC(C)Oc1ccc(S(=O)(=O)N2CCN(c3ccc(C#N)cc3)CC2)cc1. The molecule has 2 aromatic carbocycles. The number of hydrogen-bond acceptors (Lipinski definition) is 5. The Hall–Kier alpha value is -2.56. The van der Waals surface area contributed by atoms with E-state index in [0.717, 1.165) is 5.69 Å². The predicted octanol–water partition coefficient (Wildman–Crippen LogP) is 2.86. The molecule has 0 aromatic heterocycles. The van der Waals surface area contributed by atoms with Crippen LogP contribution in [0.4, 0.5) is 5.69 Å². The highest BCUT2D eigenvalue weighted by Crippen LogP contribution is 2.23. The lowest BCUT2D eigenvalue weighted by atomic mass is 10.2. The summed E-state index contributed by atoms with van der Waals surface area (Å²) in [6, 6.07) is 16.0. The molecule has 0 aliphatic carbocycles. The Morgan fingerprint density at radius 1 is 0.963 bits per heavy atom. The average Bonchev–Trinajstić information content (AvgIpc) is 2.68. The molecule has 0 atom stereocenters. The van der Waals surface area contributed by atoms with Crippen LogP contribution in [-0.2, 0) is 10.0 Å². The lowest BCUT2D eigenvalue weighted by molar-refractivity contribution is 0.242. The number of rotatable bonds is 5. The molecule has 0 radical (unpaired) electrons. The average molecular weight is 385 g/mol. The van der Waals surface area contributed by atoms with Gasteiger partial charge in [-0.25, -0.2) is 8.42 Å². The standard InChI is InChI=1S/C20H23N3O3S/c1-16(2)26-19-7-9-20(10-8-19)27(24,25)23-13-11-22(12-14-23)18-5-3-17(15-21)4-6-18/h3-10,16H,11-14H2,1-2H3. The number of nitriles is 1. The van der Waals surface area contributed by atoms with Gasteiger partial charge < -0.3 is 9.64 Å². The van der Waals surface area contributed by atoms with Crippen LogP contribution in [0.3, 0.4) is 0 Å². The van der Waals surface area contributed by atoms with E-state index in [-0.39, 0.29) is 11.0 Å². The van der Waals surface area contributed by atoms with Crippen LogP contribution < -0.4 is 9.64 Å². The van der Waals surface area contributed by atoms with E-state index in [4.69, 9.17) is 10.00 Å². The summed E-state index contributed by atoms with van der Waals surface area (Å²) in [5.74, 6) is 0.662. The maximum absolute atomic E-state index is 12.9. The Labute approximate surface area is 160 Å². The first-order chi connectivity index (χ1) is 12.9. The van der Waals surface area contributed by atoms with Crippen LogP contribution in [0.2, 0.25) is 0 Å². The van der Waals surface area contributed by atoms with Gasteiger partial charge in [-0.05, 0) is 62.4 Å². The van der Waals surface area contributed by atoms with Crippen molar-refractivity contribution in [3.8, 4) is 11.8 Å². The van der Waals surface area contributed by atoms with Crippen molar-refractivity contribution in [2.24, 2.45) is 0 Å². The number of sulfonamides is 1. The molecule has 1 aliphatic rings. The normalized spacial score (nSPS) is 15.6. The number of nitrogens with zero attached hydrogens (tertiary/aromatic N) is 3. The molecule has 0 N–H and O–H groups in total. The Morgan fingerprint density at radius 2 is 1.56 bits per heavy atom. The van der Waals surface area contributed by atoms with Crippen molar-refractivity contribution in [2.45, 2.75) is 24.8 Å². The van der Waals surface area contributed by atoms with Crippen molar-refractivity contribution in [1.82, 2.24) is 4.31 Å². The van der Waals surface area contributed by atoms with Crippen molar-refractivity contribution < 1.29 is 13.2 Å². The van der Waals surface area contributed by atoms with Crippen molar-refractivity contribution in [3.05, 3.63) is 54.1 Å². The first-order valence-corrected chi connectivity index (χ1v) is 10.4. The number of hydrogen-bond donors (Lipinski definition) is 0. The third-order valence-corrected chi connectivity index (χ3v) is 6.35. The van der Waals surface area contributed by atoms with Gasteiger partial charge in [0.15, 0.2) is 0 Å². The molecule has 7 heteroatoms. The first kappa shape index (κ1) is 19.2. The molecule has 1 saturated heterocycles. The van der Waals surface area contributed by atoms with Crippen LogP contribution in [0.15, 0.2) is 53.4 Å². The molecule has 0 amide bonds. The quantitative estimate of drug-likeness (QED) is 0.791. The maximum Gasteiger partial charge on any atom is 0.243 e. The van der Waals surface area contributed by atoms with E-state index in [1.165, 1.54) is 4.31 Å². The van der Waals surface area contributed by atoms with Gasteiger partial charge in [0.05, 0.1) is 22.6 Å². The molecular formula is C20H23N3O3S. The van der Waals surface area contributed by atoms with Gasteiger partial charge in [0.2, 0.25) is 10.0 Å². The minimum Gasteiger partial charge on any atom is -0.491 e. The fourth-order valence-electron chi connectivity index (χ4n) is 3.04. The number of piperazine rings is 1. The van der Waals surface area contributed by atoms with E-state index >= 15 is 0 Å². The summed E-state index contributed by atoms with van der Waals surface area (Å²) in [5.41, 5.74) is 1.62. The Bertz CT molecular complexity index is 908. The molecule has 6 nitrogen and oxygen atoms in total. The molecule has 2 aromatic rings. The van der Waals surface area contributed by atoms with Crippen molar-refractivity contribution in [2.75, 3.05) is 31.1 Å². The summed E-state index contributed by atoms with van der Waals surface area (Å²) in [5, 5.41) is 8.89. The van der Waals surface area contributed by atoms with E-state index in [1.54, 1.807) is 36.4 Å². The van der Waals surface area contributed by atoms with Crippen molar-refractivity contribution in [1.29, 1.82) is 5.26 Å². The van der Waals surface area contributed by atoms with Gasteiger partial charge in [0.25, 0.3) is 0 Å². The second-order valence-electron chi connectivity index (χ2n) is 6.69. The topological polar surface area (TPSA) is 73.6 Å². The zero-order valence-electron chi connectivity index (χ0n) is 15.5. The smallest absolute Gasteiger partial charge is 0.243 e. The van der Waals surface area contributed by atoms with Crippen molar-refractivity contribution in [3.63, 3.8) is 0 Å². The van der Waals surface area contributed by atoms with E-state index in [0.29, 0.717) is 37.5 Å². The molecule has 3 rings (SSSR count). The van der Waals surface area contributed by atoms with Gasteiger partial charge in [-0.15, -0.1) is 0 Å². The fraction of sp³-hybridized carbons (Fsp3) is 0.350. The third-order valence-electron chi connectivity index (χ3n) is 4.43. The minimum atomic E-state index is -3.52. The minimum absolute atomic E-state index is 0.0442. The highest BCUT2D eigenvalue weighted by Gasteiger charge is 2.28. The van der Waals surface area contributed by atoms with Gasteiger partial charge in [-0.3, -0.25) is 0 Å². The predicted molar refractivity (Wildman–Crippen MR) is 104 cm³/mol. The lowest BCUT2D eigenvalue weighted by Gasteiger charge is -2.35. The van der Waals surface area contributed by atoms with Gasteiger partial charge >= 0.3 is 0 Å². The summed E-state index contributed by atoms with van der Waals surface area (Å²) in [7, 11) is -3.52. The molecule has 1 heterocycles. The summed E-state index contributed by atoms with van der Waals surface area (Å²) in [4.78, 5) is 2.41. The van der Waals surface area contributed by atoms with Crippen LogP contribution in [0.25, 0.3) is 0 Å². The van der Waals surface area contributed by atoms with E-state index < -0.39 is 10.0 Å². The summed E-state index contributed by atoms with van der Waals surface area (Å²) in [6.07, 6.45) is 0.0442. The highest BCUT2D eigenvalue weighted by atomic mass is 32.2. The van der Waals surface area contributed by atoms with E-state index in [1.807, 2.05) is 26.0 Å². The number of benzene rings is 2. The third kappa shape index (κ3) is 4.41.